The van der Waals surface area contributed by atoms with Gasteiger partial charge in [0.05, 0.1) is 6.61 Å². The molecule has 0 spiro atoms. The number of rotatable bonds is 2. The van der Waals surface area contributed by atoms with Crippen molar-refractivity contribution in [1.82, 2.24) is 4.90 Å². The maximum Gasteiger partial charge on any atom is 0.409 e. The van der Waals surface area contributed by atoms with Crippen molar-refractivity contribution in [1.29, 1.82) is 0 Å². The van der Waals surface area contributed by atoms with E-state index in [2.05, 4.69) is 4.85 Å². The fourth-order valence-electron chi connectivity index (χ4n) is 1.64. The summed E-state index contributed by atoms with van der Waals surface area (Å²) < 4.78 is 4.90. The number of piperidine rings is 1. The van der Waals surface area contributed by atoms with Gasteiger partial charge in [-0.3, -0.25) is 0 Å². The van der Waals surface area contributed by atoms with Crippen LogP contribution in [-0.2, 0) is 4.74 Å². The van der Waals surface area contributed by atoms with Crippen molar-refractivity contribution in [2.24, 2.45) is 5.92 Å². The zero-order valence-corrected chi connectivity index (χ0v) is 8.53. The molecule has 0 aliphatic carbocycles. The number of likely N-dealkylation sites (tertiary alicyclic amines) is 1. The van der Waals surface area contributed by atoms with E-state index in [0.717, 1.165) is 25.9 Å². The highest BCUT2D eigenvalue weighted by Gasteiger charge is 2.24. The summed E-state index contributed by atoms with van der Waals surface area (Å²) >= 11 is 0. The minimum atomic E-state index is -0.214. The third-order valence-corrected chi connectivity index (χ3v) is 2.49. The van der Waals surface area contributed by atoms with Gasteiger partial charge in [-0.15, -0.1) is 0 Å². The molecule has 14 heavy (non-hydrogen) atoms. The van der Waals surface area contributed by atoms with Crippen molar-refractivity contribution in [3.05, 3.63) is 11.4 Å². The fourth-order valence-corrected chi connectivity index (χ4v) is 1.64. The molecular formula is C10H16N2O2. The van der Waals surface area contributed by atoms with E-state index >= 15 is 0 Å². The SMILES string of the molecule is [C-]#[N+]CC1CCN(C(=O)OCC)CC1. The molecule has 4 nitrogen and oxygen atoms in total. The van der Waals surface area contributed by atoms with Crippen LogP contribution in [-0.4, -0.2) is 37.2 Å². The largest absolute Gasteiger partial charge is 0.450 e. The first kappa shape index (κ1) is 10.8. The molecule has 0 N–H and O–H groups in total. The molecule has 1 amide bonds. The van der Waals surface area contributed by atoms with Crippen LogP contribution in [0, 0.1) is 12.5 Å². The molecule has 0 aromatic rings. The second kappa shape index (κ2) is 5.48. The van der Waals surface area contributed by atoms with Crippen molar-refractivity contribution in [3.8, 4) is 0 Å². The predicted molar refractivity (Wildman–Crippen MR) is 52.8 cm³/mol. The summed E-state index contributed by atoms with van der Waals surface area (Å²) in [5.41, 5.74) is 0. The van der Waals surface area contributed by atoms with Crippen LogP contribution in [0.25, 0.3) is 4.85 Å². The molecule has 0 atom stereocenters. The third-order valence-electron chi connectivity index (χ3n) is 2.49. The van der Waals surface area contributed by atoms with Gasteiger partial charge in [0, 0.05) is 19.0 Å². The lowest BCUT2D eigenvalue weighted by atomic mass is 9.97. The minimum Gasteiger partial charge on any atom is -0.450 e. The molecule has 1 heterocycles. The van der Waals surface area contributed by atoms with Crippen LogP contribution >= 0.6 is 0 Å². The second-order valence-corrected chi connectivity index (χ2v) is 3.47. The van der Waals surface area contributed by atoms with E-state index in [0.29, 0.717) is 19.1 Å². The molecule has 78 valence electrons. The highest BCUT2D eigenvalue weighted by atomic mass is 16.6. The number of amides is 1. The zero-order valence-electron chi connectivity index (χ0n) is 8.53. The average Bonchev–Trinajstić information content (AvgIpc) is 2.20. The molecule has 0 aromatic carbocycles. The molecule has 0 unspecified atom stereocenters. The van der Waals surface area contributed by atoms with Gasteiger partial charge in [0.2, 0.25) is 6.54 Å². The lowest BCUT2D eigenvalue weighted by Gasteiger charge is -2.28. The molecule has 0 radical (unpaired) electrons. The van der Waals surface area contributed by atoms with Gasteiger partial charge < -0.3 is 14.5 Å². The van der Waals surface area contributed by atoms with Gasteiger partial charge in [0.15, 0.2) is 0 Å². The topological polar surface area (TPSA) is 33.9 Å². The van der Waals surface area contributed by atoms with Gasteiger partial charge >= 0.3 is 6.09 Å². The first-order valence-electron chi connectivity index (χ1n) is 5.02. The van der Waals surface area contributed by atoms with Gasteiger partial charge in [-0.25, -0.2) is 11.4 Å². The van der Waals surface area contributed by atoms with E-state index in [4.69, 9.17) is 11.3 Å². The monoisotopic (exact) mass is 196 g/mol. The molecule has 0 aromatic heterocycles. The van der Waals surface area contributed by atoms with Crippen molar-refractivity contribution in [2.45, 2.75) is 19.8 Å². The molecule has 4 heteroatoms. The molecule has 0 saturated carbocycles. The summed E-state index contributed by atoms with van der Waals surface area (Å²) in [5.74, 6) is 0.471. The number of hydrogen-bond donors (Lipinski definition) is 0. The van der Waals surface area contributed by atoms with Gasteiger partial charge in [-0.2, -0.15) is 0 Å². The number of carbonyl (C=O) groups is 1. The smallest absolute Gasteiger partial charge is 0.409 e. The van der Waals surface area contributed by atoms with Gasteiger partial charge in [0.1, 0.15) is 0 Å². The van der Waals surface area contributed by atoms with Crippen LogP contribution in [0.15, 0.2) is 0 Å². The third kappa shape index (κ3) is 2.91. The van der Waals surface area contributed by atoms with Crippen LogP contribution in [0.5, 0.6) is 0 Å². The standard InChI is InChI=1S/C10H16N2O2/c1-3-14-10(13)12-6-4-9(5-7-12)8-11-2/h9H,3-8H2,1H3. The molecule has 1 fully saturated rings. The van der Waals surface area contributed by atoms with Crippen LogP contribution < -0.4 is 0 Å². The fraction of sp³-hybridized carbons (Fsp3) is 0.800. The Balaban J connectivity index is 2.28. The Morgan fingerprint density at radius 2 is 2.21 bits per heavy atom. The molecule has 1 saturated heterocycles. The van der Waals surface area contributed by atoms with E-state index < -0.39 is 0 Å². The highest BCUT2D eigenvalue weighted by Crippen LogP contribution is 2.17. The summed E-state index contributed by atoms with van der Waals surface area (Å²) in [6.45, 7) is 11.1. The lowest BCUT2D eigenvalue weighted by Crippen LogP contribution is -2.39. The summed E-state index contributed by atoms with van der Waals surface area (Å²) in [5, 5.41) is 0. The maximum atomic E-state index is 11.3. The summed E-state index contributed by atoms with van der Waals surface area (Å²) in [6.07, 6.45) is 1.65. The second-order valence-electron chi connectivity index (χ2n) is 3.47. The Labute approximate surface area is 84.7 Å². The normalized spacial score (nSPS) is 17.6. The molecule has 1 aliphatic heterocycles. The van der Waals surface area contributed by atoms with Crippen LogP contribution in [0.1, 0.15) is 19.8 Å². The molecule has 0 bridgehead atoms. The maximum absolute atomic E-state index is 11.3. The summed E-state index contributed by atoms with van der Waals surface area (Å²) in [6, 6.07) is 0. The van der Waals surface area contributed by atoms with E-state index in [1.54, 1.807) is 4.90 Å². The van der Waals surface area contributed by atoms with E-state index in [-0.39, 0.29) is 6.09 Å². The van der Waals surface area contributed by atoms with E-state index in [9.17, 15) is 4.79 Å². The first-order chi connectivity index (χ1) is 6.77. The van der Waals surface area contributed by atoms with Gasteiger partial charge in [-0.05, 0) is 19.8 Å². The Morgan fingerprint density at radius 1 is 1.57 bits per heavy atom. The number of nitrogens with zero attached hydrogens (tertiary/aromatic N) is 2. The Hall–Kier alpha value is -1.24. The molecule has 1 aliphatic rings. The number of hydrogen-bond acceptors (Lipinski definition) is 2. The first-order valence-corrected chi connectivity index (χ1v) is 5.02. The minimum absolute atomic E-state index is 0.214. The van der Waals surface area contributed by atoms with E-state index in [1.165, 1.54) is 0 Å². The molecule has 1 rings (SSSR count). The quantitative estimate of drug-likeness (QED) is 0.631. The van der Waals surface area contributed by atoms with E-state index in [1.807, 2.05) is 6.92 Å². The highest BCUT2D eigenvalue weighted by molar-refractivity contribution is 5.67. The Kier molecular flexibility index (Phi) is 4.24. The predicted octanol–water partition coefficient (Wildman–Crippen LogP) is 1.77. The molecular weight excluding hydrogens is 180 g/mol. The van der Waals surface area contributed by atoms with Crippen molar-refractivity contribution in [3.63, 3.8) is 0 Å². The Bertz CT molecular complexity index is 227. The Morgan fingerprint density at radius 3 is 2.71 bits per heavy atom. The van der Waals surface area contributed by atoms with Gasteiger partial charge in [-0.1, -0.05) is 0 Å². The van der Waals surface area contributed by atoms with Crippen molar-refractivity contribution < 1.29 is 9.53 Å². The zero-order chi connectivity index (χ0) is 10.4. The number of ether oxygens (including phenoxy) is 1. The summed E-state index contributed by atoms with van der Waals surface area (Å²) in [4.78, 5) is 16.4. The number of carbonyl (C=O) groups excluding carboxylic acids is 1. The lowest BCUT2D eigenvalue weighted by molar-refractivity contribution is 0.0931. The van der Waals surface area contributed by atoms with Crippen LogP contribution in [0.2, 0.25) is 0 Å². The average molecular weight is 196 g/mol. The van der Waals surface area contributed by atoms with Crippen molar-refractivity contribution in [2.75, 3.05) is 26.2 Å². The van der Waals surface area contributed by atoms with Gasteiger partial charge in [0.25, 0.3) is 0 Å². The summed E-state index contributed by atoms with van der Waals surface area (Å²) in [7, 11) is 0. The van der Waals surface area contributed by atoms with Crippen LogP contribution in [0.4, 0.5) is 4.79 Å². The van der Waals surface area contributed by atoms with Crippen molar-refractivity contribution >= 4 is 6.09 Å². The van der Waals surface area contributed by atoms with Crippen LogP contribution in [0.3, 0.4) is 0 Å².